The Bertz CT molecular complexity index is 8360. The Balaban J connectivity index is 0.000000124. The fourth-order valence-corrected chi connectivity index (χ4v) is 17.5. The van der Waals surface area contributed by atoms with Gasteiger partial charge in [-0.25, -0.2) is 44.9 Å². The molecule has 12 nitrogen and oxygen atoms in total. The number of nitriles is 3. The second kappa shape index (κ2) is 39.4. The molecule has 0 radical (unpaired) electrons. The fourth-order valence-electron chi connectivity index (χ4n) is 17.5. The molecule has 0 N–H and O–H groups in total. The average molecular weight is 1760 g/mol. The molecule has 3 aromatic heterocycles. The van der Waals surface area contributed by atoms with Crippen molar-refractivity contribution in [2.45, 2.75) is 0 Å². The topological polar surface area (TPSA) is 187 Å². The monoisotopic (exact) mass is 1760 g/mol. The first-order valence-electron chi connectivity index (χ1n) is 45.4. The molecule has 138 heavy (non-hydrogen) atoms. The zero-order valence-electron chi connectivity index (χ0n) is 74.6. The first-order chi connectivity index (χ1) is 68.2. The summed E-state index contributed by atoms with van der Waals surface area (Å²) in [5.74, 6) is 5.71. The maximum absolute atomic E-state index is 9.29. The van der Waals surface area contributed by atoms with Crippen LogP contribution in [0.15, 0.2) is 485 Å². The van der Waals surface area contributed by atoms with Crippen molar-refractivity contribution in [3.63, 3.8) is 0 Å². The van der Waals surface area contributed by atoms with Gasteiger partial charge in [0, 0.05) is 50.1 Å². The van der Waals surface area contributed by atoms with Crippen LogP contribution in [0.2, 0.25) is 0 Å². The molecule has 0 bridgehead atoms. The quantitative estimate of drug-likeness (QED) is 0.0840. The summed E-state index contributed by atoms with van der Waals surface area (Å²) < 4.78 is 0. The number of benzene rings is 20. The molecule has 3 heterocycles. The van der Waals surface area contributed by atoms with Gasteiger partial charge >= 0.3 is 0 Å². The highest BCUT2D eigenvalue weighted by atomic mass is 15.1. The molecule has 23 rings (SSSR count). The molecule has 0 saturated carbocycles. The SMILES string of the molecule is N#Cc1ccc(-c2ccc(-c3ccc(-c4nc(-c5ccccc5)nc(-c5ccc(-c6ccccc6)cc5)n4)cc3)c3ccccc23)cc1.N#Cc1ccc(-c2ccc(-c3ccc4ccccc4c3-c3ccc(-c4nc(-c5ccccc5)nc(-c5ccccc5)n4)cc3)cc2)cc1.N#Cc1ccc(-c2ccc3ccccc3c2-c2ccc(-c3nc(-c4ccccc4)nc(-c4ccccc4)n3)cc2)cc1. The lowest BCUT2D eigenvalue weighted by molar-refractivity contribution is 1.07. The van der Waals surface area contributed by atoms with E-state index in [1.165, 1.54) is 38.1 Å². The zero-order valence-corrected chi connectivity index (χ0v) is 74.6. The number of nitrogens with zero attached hydrogens (tertiary/aromatic N) is 12. The van der Waals surface area contributed by atoms with Crippen molar-refractivity contribution in [2.75, 3.05) is 0 Å². The Morgan fingerprint density at radius 2 is 0.290 bits per heavy atom. The Hall–Kier alpha value is -19.3. The van der Waals surface area contributed by atoms with Crippen LogP contribution < -0.4 is 0 Å². The summed E-state index contributed by atoms with van der Waals surface area (Å²) in [4.78, 5) is 44.1. The van der Waals surface area contributed by atoms with Crippen molar-refractivity contribution in [3.8, 4) is 210 Å². The van der Waals surface area contributed by atoms with Crippen molar-refractivity contribution >= 4 is 32.3 Å². The smallest absolute Gasteiger partial charge is 0.164 e. The minimum atomic E-state index is 0.624. The average Bonchev–Trinajstić information content (AvgIpc) is 0.732. The predicted octanol–water partition coefficient (Wildman–Crippen LogP) is 31.0. The van der Waals surface area contributed by atoms with Crippen LogP contribution in [0.25, 0.3) is 224 Å². The van der Waals surface area contributed by atoms with Crippen LogP contribution in [-0.2, 0) is 0 Å². The van der Waals surface area contributed by atoms with Crippen molar-refractivity contribution < 1.29 is 0 Å². The Labute approximate surface area is 799 Å². The number of hydrogen-bond acceptors (Lipinski definition) is 12. The molecule has 0 atom stereocenters. The van der Waals surface area contributed by atoms with Gasteiger partial charge < -0.3 is 0 Å². The van der Waals surface area contributed by atoms with E-state index >= 15 is 0 Å². The standard InChI is InChI=1S/2C44H28N4.C38H24N4/c45-29-30-15-17-31(18-16-30)32-19-21-34(22-20-32)40-28-27-33-9-7-8-14-39(33)41(40)35-23-25-38(26-24-35)44-47-42(36-10-3-1-4-11-36)46-43(48-44)37-12-5-2-6-13-37;45-29-30-15-17-33(18-16-30)38-27-28-39(41-14-8-7-13-40(38)41)34-21-25-37(26-22-34)44-47-42(35-11-5-2-6-12-35)46-43(48-44)36-23-19-32(20-24-36)31-9-3-1-4-10-31;39-25-26-15-17-28(18-16-26)34-24-23-27-9-7-8-14-33(27)35(34)29-19-21-32(22-20-29)38-41-36(30-10-3-1-4-11-30)40-37(42-38)31-12-5-2-6-13-31/h2*1-28H;1-24H. The second-order valence-electron chi connectivity index (χ2n) is 33.2. The van der Waals surface area contributed by atoms with Crippen LogP contribution in [0.3, 0.4) is 0 Å². The summed E-state index contributed by atoms with van der Waals surface area (Å²) in [5.41, 5.74) is 28.3. The van der Waals surface area contributed by atoms with Gasteiger partial charge in [-0.2, -0.15) is 15.8 Å². The van der Waals surface area contributed by atoms with Gasteiger partial charge in [0.25, 0.3) is 0 Å². The van der Waals surface area contributed by atoms with Crippen molar-refractivity contribution in [1.29, 1.82) is 15.8 Å². The van der Waals surface area contributed by atoms with Crippen molar-refractivity contribution in [1.82, 2.24) is 44.9 Å². The van der Waals surface area contributed by atoms with Gasteiger partial charge in [0.05, 0.1) is 34.9 Å². The minimum Gasteiger partial charge on any atom is -0.208 e. The summed E-state index contributed by atoms with van der Waals surface area (Å²) in [6.07, 6.45) is 0. The van der Waals surface area contributed by atoms with E-state index in [2.05, 4.69) is 261 Å². The normalized spacial score (nSPS) is 10.9. The van der Waals surface area contributed by atoms with E-state index in [-0.39, 0.29) is 0 Å². The molecule has 20 aromatic carbocycles. The molecule has 0 fully saturated rings. The van der Waals surface area contributed by atoms with Crippen LogP contribution in [0, 0.1) is 34.0 Å². The van der Waals surface area contributed by atoms with Gasteiger partial charge in [-0.1, -0.05) is 449 Å². The van der Waals surface area contributed by atoms with Gasteiger partial charge in [0.1, 0.15) is 0 Å². The van der Waals surface area contributed by atoms with Crippen LogP contribution >= 0.6 is 0 Å². The predicted molar refractivity (Wildman–Crippen MR) is 559 cm³/mol. The highest BCUT2D eigenvalue weighted by Crippen LogP contribution is 2.44. The molecular formula is C126H80N12. The molecule has 0 amide bonds. The van der Waals surface area contributed by atoms with E-state index in [1.807, 2.05) is 243 Å². The van der Waals surface area contributed by atoms with Gasteiger partial charge in [0.2, 0.25) is 0 Å². The molecule has 12 heteroatoms. The first-order valence-corrected chi connectivity index (χ1v) is 45.4. The van der Waals surface area contributed by atoms with Gasteiger partial charge in [0.15, 0.2) is 52.4 Å². The molecular weight excluding hydrogens is 1680 g/mol. The third kappa shape index (κ3) is 18.5. The zero-order chi connectivity index (χ0) is 92.9. The minimum absolute atomic E-state index is 0.624. The summed E-state index contributed by atoms with van der Waals surface area (Å²) >= 11 is 0. The summed E-state index contributed by atoms with van der Waals surface area (Å²) in [6.45, 7) is 0. The molecule has 0 aliphatic carbocycles. The van der Waals surface area contributed by atoms with Crippen LogP contribution in [-0.4, -0.2) is 44.9 Å². The van der Waals surface area contributed by atoms with Crippen LogP contribution in [0.5, 0.6) is 0 Å². The molecule has 0 unspecified atom stereocenters. The number of fused-ring (bicyclic) bond motifs is 3. The fraction of sp³-hybridized carbons (Fsp3) is 0. The summed E-state index contributed by atoms with van der Waals surface area (Å²) in [5, 5.41) is 34.8. The molecule has 644 valence electrons. The van der Waals surface area contributed by atoms with E-state index in [0.717, 1.165) is 133 Å². The van der Waals surface area contributed by atoms with Crippen LogP contribution in [0.4, 0.5) is 0 Å². The third-order valence-electron chi connectivity index (χ3n) is 24.6. The Kier molecular flexibility index (Phi) is 24.4. The number of aromatic nitrogens is 9. The number of rotatable bonds is 17. The number of hydrogen-bond donors (Lipinski definition) is 0. The largest absolute Gasteiger partial charge is 0.208 e. The Morgan fingerprint density at radius 3 is 0.543 bits per heavy atom. The highest BCUT2D eigenvalue weighted by Gasteiger charge is 2.22. The molecule has 0 aliphatic heterocycles. The lowest BCUT2D eigenvalue weighted by Gasteiger charge is -2.15. The van der Waals surface area contributed by atoms with Gasteiger partial charge in [-0.05, 0) is 158 Å². The molecule has 0 aliphatic rings. The van der Waals surface area contributed by atoms with E-state index in [0.29, 0.717) is 69.1 Å². The van der Waals surface area contributed by atoms with E-state index < -0.39 is 0 Å². The molecule has 0 spiro atoms. The Morgan fingerprint density at radius 1 is 0.123 bits per heavy atom. The maximum atomic E-state index is 9.29. The highest BCUT2D eigenvalue weighted by molar-refractivity contribution is 6.07. The van der Waals surface area contributed by atoms with Gasteiger partial charge in [-0.15, -0.1) is 0 Å². The van der Waals surface area contributed by atoms with E-state index in [9.17, 15) is 15.8 Å². The van der Waals surface area contributed by atoms with E-state index in [4.69, 9.17) is 44.9 Å². The van der Waals surface area contributed by atoms with Crippen LogP contribution in [0.1, 0.15) is 16.7 Å². The lowest BCUT2D eigenvalue weighted by atomic mass is 9.89. The summed E-state index contributed by atoms with van der Waals surface area (Å²) in [7, 11) is 0. The third-order valence-corrected chi connectivity index (χ3v) is 24.6. The lowest BCUT2D eigenvalue weighted by Crippen LogP contribution is -2.00. The van der Waals surface area contributed by atoms with Crippen molar-refractivity contribution in [2.24, 2.45) is 0 Å². The molecule has 23 aromatic rings. The molecule has 0 saturated heterocycles. The van der Waals surface area contributed by atoms with E-state index in [1.54, 1.807) is 0 Å². The summed E-state index contributed by atoms with van der Waals surface area (Å²) in [6, 6.07) is 171. The first kappa shape index (κ1) is 85.5. The second-order valence-corrected chi connectivity index (χ2v) is 33.2. The maximum Gasteiger partial charge on any atom is 0.164 e. The van der Waals surface area contributed by atoms with Gasteiger partial charge in [-0.3, -0.25) is 0 Å². The van der Waals surface area contributed by atoms with Crippen molar-refractivity contribution in [3.05, 3.63) is 502 Å².